The van der Waals surface area contributed by atoms with Crippen LogP contribution in [0.5, 0.6) is 0 Å². The third-order valence-electron chi connectivity index (χ3n) is 6.25. The number of carbonyl (C=O) groups excluding carboxylic acids is 2. The van der Waals surface area contributed by atoms with Crippen molar-refractivity contribution in [2.45, 2.75) is 24.6 Å². The predicted octanol–water partition coefficient (Wildman–Crippen LogP) is 5.10. The lowest BCUT2D eigenvalue weighted by molar-refractivity contribution is -0.128. The summed E-state index contributed by atoms with van der Waals surface area (Å²) in [5.41, 5.74) is 5.26. The van der Waals surface area contributed by atoms with Crippen LogP contribution >= 0.6 is 11.8 Å². The first-order valence-electron chi connectivity index (χ1n) is 11.2. The maximum absolute atomic E-state index is 13.2. The van der Waals surface area contributed by atoms with Gasteiger partial charge in [-0.1, -0.05) is 60.7 Å². The van der Waals surface area contributed by atoms with Crippen LogP contribution in [-0.2, 0) is 17.6 Å². The van der Waals surface area contributed by atoms with Crippen LogP contribution < -0.4 is 4.90 Å². The summed E-state index contributed by atoms with van der Waals surface area (Å²) in [4.78, 5) is 29.6. The number of para-hydroxylation sites is 1. The molecule has 3 aromatic rings. The van der Waals surface area contributed by atoms with Crippen LogP contribution in [-0.4, -0.2) is 35.6 Å². The Kier molecular flexibility index (Phi) is 5.99. The summed E-state index contributed by atoms with van der Waals surface area (Å²) in [6.07, 6.45) is 2.84. The van der Waals surface area contributed by atoms with Gasteiger partial charge in [-0.25, -0.2) is 0 Å². The van der Waals surface area contributed by atoms with Crippen molar-refractivity contribution >= 4 is 29.3 Å². The molecule has 5 heteroatoms. The zero-order valence-corrected chi connectivity index (χ0v) is 18.8. The zero-order valence-electron chi connectivity index (χ0n) is 17.9. The van der Waals surface area contributed by atoms with E-state index in [9.17, 15) is 9.59 Å². The van der Waals surface area contributed by atoms with E-state index in [0.29, 0.717) is 17.9 Å². The van der Waals surface area contributed by atoms with Crippen molar-refractivity contribution in [3.63, 3.8) is 0 Å². The summed E-state index contributed by atoms with van der Waals surface area (Å²) >= 11 is 1.66. The topological polar surface area (TPSA) is 40.6 Å². The van der Waals surface area contributed by atoms with Gasteiger partial charge in [0.05, 0.1) is 5.75 Å². The molecule has 0 spiro atoms. The maximum atomic E-state index is 13.2. The zero-order chi connectivity index (χ0) is 21.9. The van der Waals surface area contributed by atoms with Crippen LogP contribution in [0.4, 0.5) is 5.69 Å². The molecule has 2 amide bonds. The molecule has 0 aliphatic carbocycles. The number of rotatable bonds is 5. The highest BCUT2D eigenvalue weighted by molar-refractivity contribution is 8.00. The molecule has 1 saturated heterocycles. The molecule has 2 aliphatic heterocycles. The van der Waals surface area contributed by atoms with Gasteiger partial charge in [-0.3, -0.25) is 9.59 Å². The molecule has 0 saturated carbocycles. The average Bonchev–Trinajstić information content (AvgIpc) is 3.23. The molecule has 162 valence electrons. The number of thioether (sulfide) groups is 1. The highest BCUT2D eigenvalue weighted by atomic mass is 32.2. The Morgan fingerprint density at radius 2 is 1.69 bits per heavy atom. The third-order valence-corrected chi connectivity index (χ3v) is 7.51. The smallest absolute Gasteiger partial charge is 0.258 e. The van der Waals surface area contributed by atoms with Gasteiger partial charge in [0.2, 0.25) is 5.91 Å². The van der Waals surface area contributed by atoms with Crippen LogP contribution in [0.2, 0.25) is 0 Å². The number of nitrogens with zero attached hydrogens (tertiary/aromatic N) is 2. The molecule has 1 atom stereocenters. The molecule has 3 aromatic carbocycles. The van der Waals surface area contributed by atoms with Gasteiger partial charge in [0, 0.05) is 24.3 Å². The molecular formula is C27H26N2O2S. The molecule has 2 heterocycles. The molecule has 2 aliphatic rings. The Hall–Kier alpha value is -3.05. The first-order chi connectivity index (χ1) is 15.7. The van der Waals surface area contributed by atoms with E-state index in [1.165, 1.54) is 11.1 Å². The Morgan fingerprint density at radius 3 is 2.50 bits per heavy atom. The van der Waals surface area contributed by atoms with Gasteiger partial charge in [0.1, 0.15) is 5.37 Å². The lowest BCUT2D eigenvalue weighted by atomic mass is 10.0. The first kappa shape index (κ1) is 20.8. The van der Waals surface area contributed by atoms with Crippen molar-refractivity contribution in [2.24, 2.45) is 0 Å². The number of anilines is 1. The van der Waals surface area contributed by atoms with Crippen LogP contribution in [0.15, 0.2) is 78.9 Å². The van der Waals surface area contributed by atoms with E-state index in [0.717, 1.165) is 37.1 Å². The number of aryl methyl sites for hydroxylation is 1. The largest absolute Gasteiger partial charge is 0.326 e. The molecule has 0 radical (unpaired) electrons. The predicted molar refractivity (Wildman–Crippen MR) is 130 cm³/mol. The van der Waals surface area contributed by atoms with E-state index in [4.69, 9.17) is 0 Å². The Balaban J connectivity index is 1.31. The fourth-order valence-corrected chi connectivity index (χ4v) is 5.78. The number of amides is 2. The standard InChI is InChI=1S/C27H26N2O2S/c30-25-19-32-27(29(25)18-16-20-7-2-1-3-8-20)23-14-12-22(13-15-23)26(31)28-17-6-10-21-9-4-5-11-24(21)28/h1-5,7-9,11-15,27H,6,10,16-19H2/t27-/m0/s1. The summed E-state index contributed by atoms with van der Waals surface area (Å²) in [6, 6.07) is 26.3. The van der Waals surface area contributed by atoms with Crippen LogP contribution in [0, 0.1) is 0 Å². The number of carbonyl (C=O) groups is 2. The van der Waals surface area contributed by atoms with E-state index in [-0.39, 0.29) is 17.2 Å². The van der Waals surface area contributed by atoms with Gasteiger partial charge in [-0.05, 0) is 54.2 Å². The molecule has 0 N–H and O–H groups in total. The number of benzene rings is 3. The van der Waals surface area contributed by atoms with E-state index in [1.807, 2.05) is 70.5 Å². The summed E-state index contributed by atoms with van der Waals surface area (Å²) in [7, 11) is 0. The first-order valence-corrected chi connectivity index (χ1v) is 12.2. The third kappa shape index (κ3) is 4.17. The number of fused-ring (bicyclic) bond motifs is 1. The minimum absolute atomic E-state index is 0.00563. The summed E-state index contributed by atoms with van der Waals surface area (Å²) in [5.74, 6) is 0.728. The van der Waals surface area contributed by atoms with E-state index < -0.39 is 0 Å². The van der Waals surface area contributed by atoms with Gasteiger partial charge < -0.3 is 9.80 Å². The fraction of sp³-hybridized carbons (Fsp3) is 0.259. The van der Waals surface area contributed by atoms with Crippen molar-refractivity contribution in [1.29, 1.82) is 0 Å². The highest BCUT2D eigenvalue weighted by Crippen LogP contribution is 2.39. The van der Waals surface area contributed by atoms with Crippen molar-refractivity contribution in [3.05, 3.63) is 101 Å². The average molecular weight is 443 g/mol. The molecule has 4 nitrogen and oxygen atoms in total. The molecule has 5 rings (SSSR count). The lowest BCUT2D eigenvalue weighted by Gasteiger charge is -2.29. The van der Waals surface area contributed by atoms with Crippen molar-refractivity contribution in [1.82, 2.24) is 4.90 Å². The Bertz CT molecular complexity index is 1110. The van der Waals surface area contributed by atoms with E-state index in [2.05, 4.69) is 18.2 Å². The maximum Gasteiger partial charge on any atom is 0.258 e. The summed E-state index contributed by atoms with van der Waals surface area (Å²) in [6.45, 7) is 1.45. The second-order valence-electron chi connectivity index (χ2n) is 8.30. The summed E-state index contributed by atoms with van der Waals surface area (Å²) in [5, 5.41) is 0.00563. The van der Waals surface area contributed by atoms with Gasteiger partial charge >= 0.3 is 0 Å². The second kappa shape index (κ2) is 9.21. The van der Waals surface area contributed by atoms with Crippen LogP contribution in [0.25, 0.3) is 0 Å². The molecule has 1 fully saturated rings. The SMILES string of the molecule is O=C(c1ccc([C@@H]2SCC(=O)N2CCc2ccccc2)cc1)N1CCCc2ccccc21. The van der Waals surface area contributed by atoms with Gasteiger partial charge in [-0.2, -0.15) is 0 Å². The van der Waals surface area contributed by atoms with Crippen LogP contribution in [0.3, 0.4) is 0 Å². The van der Waals surface area contributed by atoms with Crippen molar-refractivity contribution in [3.8, 4) is 0 Å². The molecule has 32 heavy (non-hydrogen) atoms. The molecule has 0 aromatic heterocycles. The van der Waals surface area contributed by atoms with Gasteiger partial charge in [0.15, 0.2) is 0 Å². The van der Waals surface area contributed by atoms with Crippen molar-refractivity contribution in [2.75, 3.05) is 23.7 Å². The Labute approximate surface area is 193 Å². The minimum atomic E-state index is 0.00563. The highest BCUT2D eigenvalue weighted by Gasteiger charge is 2.32. The monoisotopic (exact) mass is 442 g/mol. The van der Waals surface area contributed by atoms with Crippen LogP contribution in [0.1, 0.15) is 38.8 Å². The quantitative estimate of drug-likeness (QED) is 0.552. The van der Waals surface area contributed by atoms with Gasteiger partial charge in [0.25, 0.3) is 5.91 Å². The fourth-order valence-electron chi connectivity index (χ4n) is 4.56. The number of hydrogen-bond acceptors (Lipinski definition) is 3. The molecular weight excluding hydrogens is 416 g/mol. The molecule has 0 bridgehead atoms. The normalized spacial score (nSPS) is 18.0. The van der Waals surface area contributed by atoms with Crippen molar-refractivity contribution < 1.29 is 9.59 Å². The Morgan fingerprint density at radius 1 is 0.938 bits per heavy atom. The van der Waals surface area contributed by atoms with E-state index in [1.54, 1.807) is 11.8 Å². The van der Waals surface area contributed by atoms with E-state index >= 15 is 0 Å². The lowest BCUT2D eigenvalue weighted by Crippen LogP contribution is -2.35. The molecule has 0 unspecified atom stereocenters. The number of hydrogen-bond donors (Lipinski definition) is 0. The minimum Gasteiger partial charge on any atom is -0.326 e. The second-order valence-corrected chi connectivity index (χ2v) is 9.37. The van der Waals surface area contributed by atoms with Gasteiger partial charge in [-0.15, -0.1) is 11.8 Å². The summed E-state index contributed by atoms with van der Waals surface area (Å²) < 4.78 is 0.